The van der Waals surface area contributed by atoms with Crippen molar-refractivity contribution in [2.24, 2.45) is 0 Å². The van der Waals surface area contributed by atoms with Crippen LogP contribution in [0.5, 0.6) is 0 Å². The summed E-state index contributed by atoms with van der Waals surface area (Å²) in [5.41, 5.74) is 13.8. The van der Waals surface area contributed by atoms with Gasteiger partial charge in [0, 0.05) is 13.1 Å². The van der Waals surface area contributed by atoms with Gasteiger partial charge in [-0.25, -0.2) is 0 Å². The van der Waals surface area contributed by atoms with Crippen molar-refractivity contribution in [3.05, 3.63) is 12.4 Å². The lowest BCUT2D eigenvalue weighted by molar-refractivity contribution is 0.123. The zero-order chi connectivity index (χ0) is 9.97. The molecular formula is C9H14N4O. The molecule has 0 unspecified atom stereocenters. The molecule has 1 aliphatic heterocycles. The summed E-state index contributed by atoms with van der Waals surface area (Å²) in [6, 6.07) is 0. The topological polar surface area (TPSA) is 77.4 Å². The Balaban J connectivity index is 2.29. The minimum Gasteiger partial charge on any atom is -0.396 e. The van der Waals surface area contributed by atoms with Gasteiger partial charge in [-0.1, -0.05) is 0 Å². The van der Waals surface area contributed by atoms with E-state index in [1.54, 1.807) is 12.4 Å². The van der Waals surface area contributed by atoms with Crippen LogP contribution in [0, 0.1) is 0 Å². The molecule has 5 heteroatoms. The third kappa shape index (κ3) is 1.58. The summed E-state index contributed by atoms with van der Waals surface area (Å²) in [7, 11) is 0. The molecule has 0 spiro atoms. The van der Waals surface area contributed by atoms with Crippen molar-refractivity contribution in [2.45, 2.75) is 0 Å². The van der Waals surface area contributed by atoms with Gasteiger partial charge >= 0.3 is 0 Å². The molecule has 1 aromatic rings. The second-order valence-electron chi connectivity index (χ2n) is 3.27. The van der Waals surface area contributed by atoms with E-state index >= 15 is 0 Å². The van der Waals surface area contributed by atoms with E-state index in [0.717, 1.165) is 32.0 Å². The lowest BCUT2D eigenvalue weighted by Crippen LogP contribution is -2.37. The van der Waals surface area contributed by atoms with Crippen LogP contribution in [0.2, 0.25) is 0 Å². The molecule has 76 valence electrons. The maximum atomic E-state index is 5.83. The van der Waals surface area contributed by atoms with Crippen LogP contribution in [0.1, 0.15) is 0 Å². The Morgan fingerprint density at radius 3 is 2.29 bits per heavy atom. The van der Waals surface area contributed by atoms with Crippen molar-refractivity contribution < 1.29 is 4.74 Å². The summed E-state index contributed by atoms with van der Waals surface area (Å²) in [6.45, 7) is 3.11. The van der Waals surface area contributed by atoms with E-state index in [9.17, 15) is 0 Å². The molecule has 1 aliphatic rings. The van der Waals surface area contributed by atoms with Crippen molar-refractivity contribution >= 4 is 17.1 Å². The van der Waals surface area contributed by atoms with Gasteiger partial charge in [0.15, 0.2) is 0 Å². The van der Waals surface area contributed by atoms with Crippen LogP contribution in [-0.2, 0) is 4.74 Å². The molecule has 1 aromatic heterocycles. The zero-order valence-electron chi connectivity index (χ0n) is 7.94. The molecule has 2 rings (SSSR count). The van der Waals surface area contributed by atoms with Crippen molar-refractivity contribution in [3.8, 4) is 0 Å². The van der Waals surface area contributed by atoms with Crippen LogP contribution in [0.4, 0.5) is 17.1 Å². The van der Waals surface area contributed by atoms with Gasteiger partial charge in [0.2, 0.25) is 0 Å². The number of hydrogen-bond donors (Lipinski definition) is 2. The molecule has 0 bridgehead atoms. The van der Waals surface area contributed by atoms with Gasteiger partial charge in [-0.3, -0.25) is 4.98 Å². The fraction of sp³-hybridized carbons (Fsp3) is 0.444. The van der Waals surface area contributed by atoms with Crippen molar-refractivity contribution in [3.63, 3.8) is 0 Å². The molecule has 1 fully saturated rings. The molecule has 0 saturated carbocycles. The predicted octanol–water partition coefficient (Wildman–Crippen LogP) is 0.0826. The van der Waals surface area contributed by atoms with E-state index in [0.29, 0.717) is 11.4 Å². The first-order valence-electron chi connectivity index (χ1n) is 4.60. The summed E-state index contributed by atoms with van der Waals surface area (Å²) in [5, 5.41) is 0. The van der Waals surface area contributed by atoms with Gasteiger partial charge in [0.1, 0.15) is 0 Å². The average molecular weight is 194 g/mol. The molecule has 1 saturated heterocycles. The van der Waals surface area contributed by atoms with Crippen molar-refractivity contribution in [1.29, 1.82) is 0 Å². The predicted molar refractivity (Wildman–Crippen MR) is 56.1 cm³/mol. The largest absolute Gasteiger partial charge is 0.396 e. The van der Waals surface area contributed by atoms with Gasteiger partial charge in [-0.15, -0.1) is 0 Å². The third-order valence-corrected chi connectivity index (χ3v) is 2.30. The second kappa shape index (κ2) is 3.71. The molecule has 4 N–H and O–H groups in total. The summed E-state index contributed by atoms with van der Waals surface area (Å²) < 4.78 is 5.26. The Bertz CT molecular complexity index is 302. The Kier molecular flexibility index (Phi) is 2.41. The molecule has 0 amide bonds. The van der Waals surface area contributed by atoms with Gasteiger partial charge in [-0.05, 0) is 0 Å². The first kappa shape index (κ1) is 9.08. The van der Waals surface area contributed by atoms with E-state index in [1.807, 2.05) is 0 Å². The molecule has 14 heavy (non-hydrogen) atoms. The van der Waals surface area contributed by atoms with Crippen LogP contribution >= 0.6 is 0 Å². The maximum Gasteiger partial charge on any atom is 0.0866 e. The van der Waals surface area contributed by atoms with Gasteiger partial charge in [0.25, 0.3) is 0 Å². The summed E-state index contributed by atoms with van der Waals surface area (Å²) in [5.74, 6) is 0. The second-order valence-corrected chi connectivity index (χ2v) is 3.27. The van der Waals surface area contributed by atoms with Gasteiger partial charge in [0.05, 0.1) is 42.7 Å². The molecule has 2 heterocycles. The number of nitrogens with two attached hydrogens (primary N) is 2. The lowest BCUT2D eigenvalue weighted by Gasteiger charge is -2.30. The van der Waals surface area contributed by atoms with Crippen molar-refractivity contribution in [1.82, 2.24) is 4.98 Å². The molecule has 0 aromatic carbocycles. The molecule has 0 atom stereocenters. The number of anilines is 3. The van der Waals surface area contributed by atoms with Crippen LogP contribution in [0.25, 0.3) is 0 Å². The highest BCUT2D eigenvalue weighted by atomic mass is 16.5. The molecule has 0 aliphatic carbocycles. The minimum atomic E-state index is 0.631. The highest BCUT2D eigenvalue weighted by molar-refractivity contribution is 5.79. The Hall–Kier alpha value is -1.49. The monoisotopic (exact) mass is 194 g/mol. The average Bonchev–Trinajstić information content (AvgIpc) is 2.19. The van der Waals surface area contributed by atoms with Crippen LogP contribution in [0.15, 0.2) is 12.4 Å². The van der Waals surface area contributed by atoms with E-state index in [4.69, 9.17) is 16.2 Å². The number of pyridine rings is 1. The minimum absolute atomic E-state index is 0.631. The summed E-state index contributed by atoms with van der Waals surface area (Å²) >= 11 is 0. The number of aromatic nitrogens is 1. The van der Waals surface area contributed by atoms with Crippen LogP contribution < -0.4 is 16.4 Å². The third-order valence-electron chi connectivity index (χ3n) is 2.30. The van der Waals surface area contributed by atoms with E-state index < -0.39 is 0 Å². The number of rotatable bonds is 1. The zero-order valence-corrected chi connectivity index (χ0v) is 7.94. The fourth-order valence-electron chi connectivity index (χ4n) is 1.64. The van der Waals surface area contributed by atoms with Crippen LogP contribution in [0.3, 0.4) is 0 Å². The normalized spacial score (nSPS) is 17.0. The lowest BCUT2D eigenvalue weighted by atomic mass is 10.2. The Morgan fingerprint density at radius 1 is 1.14 bits per heavy atom. The summed E-state index contributed by atoms with van der Waals surface area (Å²) in [4.78, 5) is 6.07. The van der Waals surface area contributed by atoms with Crippen LogP contribution in [-0.4, -0.2) is 31.3 Å². The number of nitrogen functional groups attached to an aromatic ring is 2. The molecule has 0 radical (unpaired) electrons. The Labute approximate surface area is 82.7 Å². The van der Waals surface area contributed by atoms with E-state index in [1.165, 1.54) is 0 Å². The highest BCUT2D eigenvalue weighted by Gasteiger charge is 2.16. The molecule has 5 nitrogen and oxygen atoms in total. The Morgan fingerprint density at radius 2 is 1.71 bits per heavy atom. The van der Waals surface area contributed by atoms with Gasteiger partial charge < -0.3 is 21.1 Å². The van der Waals surface area contributed by atoms with E-state index in [-0.39, 0.29) is 0 Å². The first-order valence-corrected chi connectivity index (χ1v) is 4.60. The number of hydrogen-bond acceptors (Lipinski definition) is 5. The maximum absolute atomic E-state index is 5.83. The first-order chi connectivity index (χ1) is 6.79. The number of morpholine rings is 1. The summed E-state index contributed by atoms with van der Waals surface area (Å²) in [6.07, 6.45) is 3.25. The fourth-order valence-corrected chi connectivity index (χ4v) is 1.64. The SMILES string of the molecule is Nc1cncc(N)c1N1CCOCC1. The highest BCUT2D eigenvalue weighted by Crippen LogP contribution is 2.29. The smallest absolute Gasteiger partial charge is 0.0866 e. The van der Waals surface area contributed by atoms with Crippen molar-refractivity contribution in [2.75, 3.05) is 42.7 Å². The van der Waals surface area contributed by atoms with E-state index in [2.05, 4.69) is 9.88 Å². The number of nitrogens with zero attached hydrogens (tertiary/aromatic N) is 2. The molecular weight excluding hydrogens is 180 g/mol. The van der Waals surface area contributed by atoms with Gasteiger partial charge in [-0.2, -0.15) is 0 Å². The quantitative estimate of drug-likeness (QED) is 0.662. The standard InChI is InChI=1S/C9H14N4O/c10-7-5-12-6-8(11)9(7)13-1-3-14-4-2-13/h5-6H,1-4,10-11H2. The number of ether oxygens (including phenoxy) is 1.